The summed E-state index contributed by atoms with van der Waals surface area (Å²) in [5.41, 5.74) is 0. The first-order chi connectivity index (χ1) is 8.01. The van der Waals surface area contributed by atoms with Gasteiger partial charge in [-0.1, -0.05) is 27.2 Å². The Morgan fingerprint density at radius 2 is 1.94 bits per heavy atom. The Bertz CT molecular complexity index is 612. The maximum atomic E-state index is 13.8. The van der Waals surface area contributed by atoms with Crippen molar-refractivity contribution in [2.24, 2.45) is 0 Å². The summed E-state index contributed by atoms with van der Waals surface area (Å²) in [6.45, 7) is 1.56. The van der Waals surface area contributed by atoms with Crippen LogP contribution in [0, 0.1) is 6.92 Å². The molecule has 0 saturated heterocycles. The van der Waals surface area contributed by atoms with Crippen LogP contribution in [0.1, 0.15) is 5.82 Å². The second-order valence-corrected chi connectivity index (χ2v) is 5.63. The lowest BCUT2D eigenvalue weighted by atomic mass is 10.4. The molecule has 2 rings (SSSR count). The molecular formula is C9H8FN3O2S2. The van der Waals surface area contributed by atoms with Gasteiger partial charge in [0.1, 0.15) is 5.82 Å². The molecule has 1 aromatic heterocycles. The Balaban J connectivity index is 2.40. The van der Waals surface area contributed by atoms with E-state index in [0.717, 1.165) is 0 Å². The predicted molar refractivity (Wildman–Crippen MR) is 61.9 cm³/mol. The van der Waals surface area contributed by atoms with E-state index in [-0.39, 0.29) is 14.6 Å². The standard InChI is InChI=1S/C9H8FN3O2S2/c1-7-11-9(16-12-7)13(10)17(14,15)8-5-3-2-4-6-8/h2-6H,1H3. The van der Waals surface area contributed by atoms with Crippen molar-refractivity contribution in [3.05, 3.63) is 36.2 Å². The predicted octanol–water partition coefficient (Wildman–Crippen LogP) is 1.93. The van der Waals surface area contributed by atoms with Crippen LogP contribution >= 0.6 is 11.5 Å². The van der Waals surface area contributed by atoms with E-state index in [0.29, 0.717) is 17.4 Å². The summed E-state index contributed by atoms with van der Waals surface area (Å²) in [5, 5.41) is -0.300. The molecule has 0 unspecified atom stereocenters. The van der Waals surface area contributed by atoms with Crippen molar-refractivity contribution in [2.75, 3.05) is 4.53 Å². The monoisotopic (exact) mass is 273 g/mol. The number of anilines is 1. The van der Waals surface area contributed by atoms with Crippen molar-refractivity contribution in [1.29, 1.82) is 0 Å². The number of benzene rings is 1. The summed E-state index contributed by atoms with van der Waals surface area (Å²) in [6, 6.07) is 7.32. The third-order valence-corrected chi connectivity index (χ3v) is 4.27. The van der Waals surface area contributed by atoms with Crippen LogP contribution in [0.25, 0.3) is 0 Å². The SMILES string of the molecule is Cc1nsc(N(F)S(=O)(=O)c2ccccc2)n1. The number of hydrogen-bond donors (Lipinski definition) is 0. The largest absolute Gasteiger partial charge is 0.292 e. The maximum Gasteiger partial charge on any atom is 0.292 e. The molecule has 0 amide bonds. The van der Waals surface area contributed by atoms with E-state index >= 15 is 0 Å². The van der Waals surface area contributed by atoms with E-state index in [1.54, 1.807) is 13.0 Å². The Labute approximate surface area is 102 Å². The van der Waals surface area contributed by atoms with Gasteiger partial charge in [0.25, 0.3) is 15.2 Å². The minimum atomic E-state index is -4.20. The van der Waals surface area contributed by atoms with Gasteiger partial charge in [-0.15, -0.1) is 0 Å². The molecule has 0 radical (unpaired) electrons. The number of aromatic nitrogens is 2. The molecule has 0 N–H and O–H groups in total. The summed E-state index contributed by atoms with van der Waals surface area (Å²) in [4.78, 5) is 3.55. The number of hydrogen-bond acceptors (Lipinski definition) is 5. The van der Waals surface area contributed by atoms with Crippen LogP contribution < -0.4 is 4.53 Å². The van der Waals surface area contributed by atoms with Crippen LogP contribution in [0.4, 0.5) is 9.61 Å². The van der Waals surface area contributed by atoms with Crippen molar-refractivity contribution in [1.82, 2.24) is 9.36 Å². The van der Waals surface area contributed by atoms with Gasteiger partial charge in [-0.2, -0.15) is 12.8 Å². The first kappa shape index (κ1) is 11.9. The molecule has 0 aliphatic heterocycles. The molecule has 1 aromatic carbocycles. The molecule has 0 fully saturated rings. The second-order valence-electron chi connectivity index (χ2n) is 3.16. The molecule has 0 bridgehead atoms. The fourth-order valence-corrected chi connectivity index (χ4v) is 2.96. The molecular weight excluding hydrogens is 265 g/mol. The van der Waals surface area contributed by atoms with Crippen LogP contribution in [0.5, 0.6) is 0 Å². The summed E-state index contributed by atoms with van der Waals surface area (Å²) in [7, 11) is -4.20. The molecule has 2 aromatic rings. The van der Waals surface area contributed by atoms with E-state index in [1.165, 1.54) is 24.3 Å². The molecule has 0 atom stereocenters. The molecule has 0 aliphatic carbocycles. The lowest BCUT2D eigenvalue weighted by Gasteiger charge is -2.09. The maximum absolute atomic E-state index is 13.8. The van der Waals surface area contributed by atoms with Crippen LogP contribution in [0.3, 0.4) is 0 Å². The van der Waals surface area contributed by atoms with E-state index in [4.69, 9.17) is 0 Å². The quantitative estimate of drug-likeness (QED) is 0.802. The fraction of sp³-hybridized carbons (Fsp3) is 0.111. The van der Waals surface area contributed by atoms with Crippen LogP contribution in [0.2, 0.25) is 0 Å². The minimum absolute atomic E-state index is 0.129. The fourth-order valence-electron chi connectivity index (χ4n) is 1.15. The highest BCUT2D eigenvalue weighted by molar-refractivity contribution is 7.92. The molecule has 90 valence electrons. The highest BCUT2D eigenvalue weighted by Gasteiger charge is 2.27. The smallest absolute Gasteiger partial charge is 0.201 e. The molecule has 1 heterocycles. The number of sulfonamides is 1. The van der Waals surface area contributed by atoms with Gasteiger partial charge in [-0.05, 0) is 19.1 Å². The Morgan fingerprint density at radius 3 is 2.47 bits per heavy atom. The zero-order chi connectivity index (χ0) is 12.5. The Kier molecular flexibility index (Phi) is 3.07. The Hall–Kier alpha value is -1.54. The number of aryl methyl sites for hydroxylation is 1. The lowest BCUT2D eigenvalue weighted by molar-refractivity contribution is 0.494. The number of rotatable bonds is 3. The average molecular weight is 273 g/mol. The summed E-state index contributed by atoms with van der Waals surface area (Å²) >= 11 is 0.690. The zero-order valence-electron chi connectivity index (χ0n) is 8.74. The molecule has 0 aliphatic rings. The van der Waals surface area contributed by atoms with Crippen molar-refractivity contribution < 1.29 is 12.9 Å². The van der Waals surface area contributed by atoms with Crippen LogP contribution in [-0.2, 0) is 10.0 Å². The van der Waals surface area contributed by atoms with E-state index in [9.17, 15) is 12.9 Å². The van der Waals surface area contributed by atoms with Gasteiger partial charge >= 0.3 is 0 Å². The van der Waals surface area contributed by atoms with Crippen molar-refractivity contribution >= 4 is 26.7 Å². The summed E-state index contributed by atoms with van der Waals surface area (Å²) in [5.74, 6) is 0.330. The lowest BCUT2D eigenvalue weighted by Crippen LogP contribution is -2.22. The van der Waals surface area contributed by atoms with Gasteiger partial charge in [-0.25, -0.2) is 4.98 Å². The normalized spacial score (nSPS) is 11.4. The number of halogens is 1. The van der Waals surface area contributed by atoms with Gasteiger partial charge < -0.3 is 0 Å². The van der Waals surface area contributed by atoms with E-state index in [2.05, 4.69) is 9.36 Å². The minimum Gasteiger partial charge on any atom is -0.201 e. The van der Waals surface area contributed by atoms with Crippen LogP contribution in [-0.4, -0.2) is 17.8 Å². The van der Waals surface area contributed by atoms with E-state index in [1.807, 2.05) is 0 Å². The van der Waals surface area contributed by atoms with Crippen LogP contribution in [0.15, 0.2) is 35.2 Å². The zero-order valence-corrected chi connectivity index (χ0v) is 10.4. The number of nitrogens with zero attached hydrogens (tertiary/aromatic N) is 3. The highest BCUT2D eigenvalue weighted by Crippen LogP contribution is 2.25. The first-order valence-electron chi connectivity index (χ1n) is 4.58. The summed E-state index contributed by atoms with van der Waals surface area (Å²) in [6.07, 6.45) is 0. The van der Waals surface area contributed by atoms with Gasteiger partial charge in [0.2, 0.25) is 0 Å². The average Bonchev–Trinajstić information content (AvgIpc) is 2.76. The molecule has 0 saturated carbocycles. The van der Waals surface area contributed by atoms with Crippen molar-refractivity contribution in [3.63, 3.8) is 0 Å². The van der Waals surface area contributed by atoms with Gasteiger partial charge in [-0.3, -0.25) is 0 Å². The van der Waals surface area contributed by atoms with Gasteiger partial charge in [0, 0.05) is 11.5 Å². The first-order valence-corrected chi connectivity index (χ1v) is 6.79. The third kappa shape index (κ3) is 2.27. The molecule has 17 heavy (non-hydrogen) atoms. The third-order valence-electron chi connectivity index (χ3n) is 1.92. The molecule has 8 heteroatoms. The topological polar surface area (TPSA) is 63.2 Å². The van der Waals surface area contributed by atoms with E-state index < -0.39 is 10.0 Å². The van der Waals surface area contributed by atoms with Crippen molar-refractivity contribution in [3.8, 4) is 0 Å². The van der Waals surface area contributed by atoms with Gasteiger partial charge in [0.15, 0.2) is 0 Å². The summed E-state index contributed by atoms with van der Waals surface area (Å²) < 4.78 is 40.8. The van der Waals surface area contributed by atoms with Crippen molar-refractivity contribution in [2.45, 2.75) is 11.8 Å². The highest BCUT2D eigenvalue weighted by atomic mass is 32.2. The second kappa shape index (κ2) is 4.38. The Morgan fingerprint density at radius 1 is 1.29 bits per heavy atom. The molecule has 5 nitrogen and oxygen atoms in total. The molecule has 0 spiro atoms. The van der Waals surface area contributed by atoms with Gasteiger partial charge in [0.05, 0.1) is 4.90 Å².